The maximum Gasteiger partial charge on any atom is 0.324 e. The predicted octanol–water partition coefficient (Wildman–Crippen LogP) is 2.48. The Labute approximate surface area is 134 Å². The van der Waals surface area contributed by atoms with Gasteiger partial charge in [0.2, 0.25) is 0 Å². The third-order valence-corrected chi connectivity index (χ3v) is 3.70. The topological polar surface area (TPSA) is 63.7 Å². The summed E-state index contributed by atoms with van der Waals surface area (Å²) in [4.78, 5) is 37.1. The second-order valence-electron chi connectivity index (χ2n) is 5.59. The molecule has 0 aliphatic carbocycles. The van der Waals surface area contributed by atoms with Crippen molar-refractivity contribution in [2.45, 2.75) is 25.6 Å². The molecule has 0 bridgehead atoms. The summed E-state index contributed by atoms with van der Waals surface area (Å²) in [5, 5.41) is -0.872. The lowest BCUT2D eigenvalue weighted by atomic mass is 10.1. The molecule has 1 unspecified atom stereocenters. The number of esters is 1. The number of carbonyl (C=O) groups is 3. The molecule has 6 heteroatoms. The molecule has 1 atom stereocenters. The first-order valence-electron chi connectivity index (χ1n) is 7.17. The maximum atomic E-state index is 12.2. The molecule has 0 saturated carbocycles. The van der Waals surface area contributed by atoms with E-state index in [0.29, 0.717) is 17.7 Å². The number of amides is 2. The van der Waals surface area contributed by atoms with Crippen LogP contribution in [0.4, 0.5) is 0 Å². The quantitative estimate of drug-likeness (QED) is 0.458. The molecule has 22 heavy (non-hydrogen) atoms. The van der Waals surface area contributed by atoms with Gasteiger partial charge in [-0.2, -0.15) is 0 Å². The van der Waals surface area contributed by atoms with Gasteiger partial charge in [0.25, 0.3) is 11.8 Å². The van der Waals surface area contributed by atoms with Crippen LogP contribution >= 0.6 is 11.6 Å². The second kappa shape index (κ2) is 6.92. The van der Waals surface area contributed by atoms with Crippen LogP contribution in [0.3, 0.4) is 0 Å². The zero-order valence-electron chi connectivity index (χ0n) is 12.5. The van der Waals surface area contributed by atoms with E-state index in [1.807, 2.05) is 13.8 Å². The van der Waals surface area contributed by atoms with Crippen LogP contribution in [0.1, 0.15) is 41.0 Å². The van der Waals surface area contributed by atoms with Gasteiger partial charge in [-0.1, -0.05) is 26.0 Å². The molecule has 0 N–H and O–H groups in total. The van der Waals surface area contributed by atoms with E-state index in [0.717, 1.165) is 4.90 Å². The first-order valence-corrected chi connectivity index (χ1v) is 7.61. The van der Waals surface area contributed by atoms with E-state index in [1.165, 1.54) is 0 Å². The van der Waals surface area contributed by atoms with Crippen LogP contribution in [0.5, 0.6) is 0 Å². The van der Waals surface area contributed by atoms with E-state index in [-0.39, 0.29) is 30.7 Å². The van der Waals surface area contributed by atoms with Gasteiger partial charge in [-0.3, -0.25) is 19.3 Å². The lowest BCUT2D eigenvalue weighted by Crippen LogP contribution is -2.33. The standard InChI is InChI=1S/C16H18ClNO4/c1-10(2)9-22-16(21)13(17)7-8-18-14(19)11-5-3-4-6-12(11)15(18)20/h3-6,10,13H,7-9H2,1-2H3. The Bertz CT molecular complexity index is 565. The highest BCUT2D eigenvalue weighted by Crippen LogP contribution is 2.23. The molecule has 1 aliphatic rings. The lowest BCUT2D eigenvalue weighted by molar-refractivity contribution is -0.144. The highest BCUT2D eigenvalue weighted by atomic mass is 35.5. The van der Waals surface area contributed by atoms with Crippen LogP contribution in [-0.4, -0.2) is 41.2 Å². The van der Waals surface area contributed by atoms with Gasteiger partial charge >= 0.3 is 5.97 Å². The summed E-state index contributed by atoms with van der Waals surface area (Å²) >= 11 is 5.98. The smallest absolute Gasteiger partial charge is 0.324 e. The molecule has 1 aliphatic heterocycles. The number of alkyl halides is 1. The Balaban J connectivity index is 1.92. The van der Waals surface area contributed by atoms with Gasteiger partial charge in [-0.15, -0.1) is 11.6 Å². The van der Waals surface area contributed by atoms with Crippen molar-refractivity contribution in [1.82, 2.24) is 4.90 Å². The van der Waals surface area contributed by atoms with Crippen molar-refractivity contribution in [2.75, 3.05) is 13.2 Å². The van der Waals surface area contributed by atoms with Gasteiger partial charge in [-0.25, -0.2) is 0 Å². The van der Waals surface area contributed by atoms with Crippen molar-refractivity contribution in [1.29, 1.82) is 0 Å². The first kappa shape index (κ1) is 16.5. The molecular formula is C16H18ClNO4. The van der Waals surface area contributed by atoms with Crippen LogP contribution in [0.15, 0.2) is 24.3 Å². The number of hydrogen-bond donors (Lipinski definition) is 0. The van der Waals surface area contributed by atoms with Crippen molar-refractivity contribution in [3.63, 3.8) is 0 Å². The van der Waals surface area contributed by atoms with E-state index in [2.05, 4.69) is 0 Å². The number of hydrogen-bond acceptors (Lipinski definition) is 4. The Hall–Kier alpha value is -1.88. The lowest BCUT2D eigenvalue weighted by Gasteiger charge is -2.16. The van der Waals surface area contributed by atoms with E-state index in [9.17, 15) is 14.4 Å². The van der Waals surface area contributed by atoms with Crippen molar-refractivity contribution >= 4 is 29.4 Å². The van der Waals surface area contributed by atoms with Crippen LogP contribution in [-0.2, 0) is 9.53 Å². The van der Waals surface area contributed by atoms with Crippen molar-refractivity contribution < 1.29 is 19.1 Å². The summed E-state index contributed by atoms with van der Waals surface area (Å²) < 4.78 is 5.04. The third kappa shape index (κ3) is 3.47. The predicted molar refractivity (Wildman–Crippen MR) is 81.9 cm³/mol. The number of rotatable bonds is 6. The number of nitrogens with zero attached hydrogens (tertiary/aromatic N) is 1. The monoisotopic (exact) mass is 323 g/mol. The Morgan fingerprint density at radius 3 is 2.23 bits per heavy atom. The number of imide groups is 1. The van der Waals surface area contributed by atoms with Gasteiger partial charge < -0.3 is 4.74 Å². The van der Waals surface area contributed by atoms with Crippen LogP contribution in [0, 0.1) is 5.92 Å². The fourth-order valence-corrected chi connectivity index (χ4v) is 2.30. The summed E-state index contributed by atoms with van der Waals surface area (Å²) in [6, 6.07) is 6.65. The number of fused-ring (bicyclic) bond motifs is 1. The third-order valence-electron chi connectivity index (χ3n) is 3.30. The Morgan fingerprint density at radius 2 is 1.73 bits per heavy atom. The average Bonchev–Trinajstić information content (AvgIpc) is 2.74. The number of ether oxygens (including phenoxy) is 1. The van der Waals surface area contributed by atoms with Crippen molar-refractivity contribution in [3.05, 3.63) is 35.4 Å². The van der Waals surface area contributed by atoms with E-state index >= 15 is 0 Å². The highest BCUT2D eigenvalue weighted by Gasteiger charge is 2.35. The Kier molecular flexibility index (Phi) is 5.19. The molecule has 0 spiro atoms. The zero-order chi connectivity index (χ0) is 16.3. The molecule has 1 heterocycles. The molecule has 2 amide bonds. The fourth-order valence-electron chi connectivity index (χ4n) is 2.14. The van der Waals surface area contributed by atoms with Crippen LogP contribution in [0.2, 0.25) is 0 Å². The minimum absolute atomic E-state index is 0.0945. The van der Waals surface area contributed by atoms with E-state index < -0.39 is 11.3 Å². The molecule has 0 aromatic heterocycles. The minimum Gasteiger partial charge on any atom is -0.464 e. The molecule has 1 aromatic rings. The highest BCUT2D eigenvalue weighted by molar-refractivity contribution is 6.30. The molecule has 118 valence electrons. The summed E-state index contributed by atoms with van der Waals surface area (Å²) in [7, 11) is 0. The largest absolute Gasteiger partial charge is 0.464 e. The van der Waals surface area contributed by atoms with Gasteiger partial charge in [0.05, 0.1) is 17.7 Å². The summed E-state index contributed by atoms with van der Waals surface area (Å²) in [5.74, 6) is -0.990. The number of benzene rings is 1. The maximum absolute atomic E-state index is 12.2. The molecule has 0 saturated heterocycles. The van der Waals surface area contributed by atoms with Crippen LogP contribution < -0.4 is 0 Å². The summed E-state index contributed by atoms with van der Waals surface area (Å²) in [5.41, 5.74) is 0.780. The van der Waals surface area contributed by atoms with E-state index in [4.69, 9.17) is 16.3 Å². The SMILES string of the molecule is CC(C)COC(=O)C(Cl)CCN1C(=O)c2ccccc2C1=O. The molecule has 1 aromatic carbocycles. The van der Waals surface area contributed by atoms with Crippen LogP contribution in [0.25, 0.3) is 0 Å². The van der Waals surface area contributed by atoms with Gasteiger partial charge in [0.15, 0.2) is 0 Å². The van der Waals surface area contributed by atoms with Gasteiger partial charge in [0.1, 0.15) is 5.38 Å². The molecule has 0 fully saturated rings. The molecular weight excluding hydrogens is 306 g/mol. The second-order valence-corrected chi connectivity index (χ2v) is 6.11. The van der Waals surface area contributed by atoms with Crippen molar-refractivity contribution in [2.24, 2.45) is 5.92 Å². The summed E-state index contributed by atoms with van der Waals surface area (Å²) in [6.45, 7) is 4.25. The zero-order valence-corrected chi connectivity index (χ0v) is 13.3. The molecule has 0 radical (unpaired) electrons. The summed E-state index contributed by atoms with van der Waals surface area (Å²) in [6.07, 6.45) is 0.171. The van der Waals surface area contributed by atoms with Gasteiger partial charge in [-0.05, 0) is 24.5 Å². The normalized spacial score (nSPS) is 15.2. The fraction of sp³-hybridized carbons (Fsp3) is 0.438. The molecule has 5 nitrogen and oxygen atoms in total. The average molecular weight is 324 g/mol. The Morgan fingerprint density at radius 1 is 1.18 bits per heavy atom. The number of halogens is 1. The van der Waals surface area contributed by atoms with Crippen molar-refractivity contribution in [3.8, 4) is 0 Å². The first-order chi connectivity index (χ1) is 10.4. The van der Waals surface area contributed by atoms with Gasteiger partial charge in [0, 0.05) is 6.54 Å². The number of carbonyl (C=O) groups excluding carboxylic acids is 3. The van der Waals surface area contributed by atoms with E-state index in [1.54, 1.807) is 24.3 Å². The minimum atomic E-state index is -0.872. The molecule has 2 rings (SSSR count).